The first kappa shape index (κ1) is 15.6. The first-order valence-electron chi connectivity index (χ1n) is 5.89. The largest absolute Gasteiger partial charge is 0.355 e. The van der Waals surface area contributed by atoms with Crippen LogP contribution in [0.25, 0.3) is 0 Å². The van der Waals surface area contributed by atoms with E-state index < -0.39 is 10.0 Å². The SMILES string of the molecule is CNC(=O)c1ccc(S(=O)(=O)NCC(C)NC)cc1. The lowest BCUT2D eigenvalue weighted by Gasteiger charge is -2.12. The van der Waals surface area contributed by atoms with Crippen molar-refractivity contribution in [3.05, 3.63) is 29.8 Å². The molecule has 1 amide bonds. The van der Waals surface area contributed by atoms with Gasteiger partial charge in [-0.05, 0) is 38.2 Å². The molecule has 19 heavy (non-hydrogen) atoms. The number of hydrogen-bond acceptors (Lipinski definition) is 4. The molecule has 6 nitrogen and oxygen atoms in total. The summed E-state index contributed by atoms with van der Waals surface area (Å²) in [5.74, 6) is -0.249. The maximum absolute atomic E-state index is 12.0. The van der Waals surface area contributed by atoms with Crippen molar-refractivity contribution < 1.29 is 13.2 Å². The van der Waals surface area contributed by atoms with Gasteiger partial charge in [0.15, 0.2) is 0 Å². The van der Waals surface area contributed by atoms with Crippen LogP contribution in [0.5, 0.6) is 0 Å². The quantitative estimate of drug-likeness (QED) is 0.683. The monoisotopic (exact) mass is 285 g/mol. The van der Waals surface area contributed by atoms with Crippen molar-refractivity contribution in [3.63, 3.8) is 0 Å². The number of rotatable bonds is 6. The van der Waals surface area contributed by atoms with E-state index >= 15 is 0 Å². The normalized spacial score (nSPS) is 13.0. The van der Waals surface area contributed by atoms with Crippen LogP contribution in [-0.4, -0.2) is 41.0 Å². The highest BCUT2D eigenvalue weighted by atomic mass is 32.2. The van der Waals surface area contributed by atoms with E-state index in [0.29, 0.717) is 12.1 Å². The topological polar surface area (TPSA) is 87.3 Å². The Balaban J connectivity index is 2.82. The van der Waals surface area contributed by atoms with Crippen LogP contribution in [0.1, 0.15) is 17.3 Å². The summed E-state index contributed by atoms with van der Waals surface area (Å²) in [6.45, 7) is 2.17. The predicted molar refractivity (Wildman–Crippen MR) is 73.5 cm³/mol. The molecule has 0 aromatic heterocycles. The van der Waals surface area contributed by atoms with Crippen LogP contribution < -0.4 is 15.4 Å². The molecule has 7 heteroatoms. The zero-order chi connectivity index (χ0) is 14.5. The second-order valence-electron chi connectivity index (χ2n) is 4.15. The van der Waals surface area contributed by atoms with Crippen LogP contribution >= 0.6 is 0 Å². The van der Waals surface area contributed by atoms with Crippen LogP contribution in [0.3, 0.4) is 0 Å². The van der Waals surface area contributed by atoms with Crippen molar-refractivity contribution in [3.8, 4) is 0 Å². The molecule has 3 N–H and O–H groups in total. The highest BCUT2D eigenvalue weighted by molar-refractivity contribution is 7.89. The van der Waals surface area contributed by atoms with E-state index in [4.69, 9.17) is 0 Å². The summed E-state index contributed by atoms with van der Waals surface area (Å²) in [6, 6.07) is 5.83. The van der Waals surface area contributed by atoms with Gasteiger partial charge in [0.25, 0.3) is 5.91 Å². The molecule has 0 aliphatic rings. The Morgan fingerprint density at radius 2 is 1.79 bits per heavy atom. The minimum absolute atomic E-state index is 0.0416. The van der Waals surface area contributed by atoms with Gasteiger partial charge in [0.05, 0.1) is 4.90 Å². The number of carbonyl (C=O) groups excluding carboxylic acids is 1. The third kappa shape index (κ3) is 4.30. The molecule has 1 aromatic rings. The maximum Gasteiger partial charge on any atom is 0.251 e. The first-order chi connectivity index (χ1) is 8.90. The van der Waals surface area contributed by atoms with Crippen LogP contribution in [0.2, 0.25) is 0 Å². The van der Waals surface area contributed by atoms with E-state index in [0.717, 1.165) is 0 Å². The maximum atomic E-state index is 12.0. The molecule has 0 radical (unpaired) electrons. The molecule has 106 valence electrons. The molecule has 0 bridgehead atoms. The third-order valence-electron chi connectivity index (χ3n) is 2.73. The number of sulfonamides is 1. The van der Waals surface area contributed by atoms with E-state index in [9.17, 15) is 13.2 Å². The molecule has 1 aromatic carbocycles. The molecule has 0 aliphatic heterocycles. The van der Waals surface area contributed by atoms with Crippen LogP contribution in [0.15, 0.2) is 29.2 Å². The molecule has 0 aliphatic carbocycles. The highest BCUT2D eigenvalue weighted by Crippen LogP contribution is 2.10. The number of benzene rings is 1. The van der Waals surface area contributed by atoms with Crippen molar-refractivity contribution in [1.82, 2.24) is 15.4 Å². The number of carbonyl (C=O) groups is 1. The van der Waals surface area contributed by atoms with Gasteiger partial charge < -0.3 is 10.6 Å². The molecule has 1 unspecified atom stereocenters. The summed E-state index contributed by atoms with van der Waals surface area (Å²) in [5.41, 5.74) is 0.421. The molecule has 0 heterocycles. The Morgan fingerprint density at radius 1 is 1.21 bits per heavy atom. The average molecular weight is 285 g/mol. The fourth-order valence-electron chi connectivity index (χ4n) is 1.35. The summed E-state index contributed by atoms with van der Waals surface area (Å²) in [5, 5.41) is 5.42. The van der Waals surface area contributed by atoms with E-state index in [1.807, 2.05) is 6.92 Å². The molecular formula is C12H19N3O3S. The van der Waals surface area contributed by atoms with Crippen LogP contribution in [0.4, 0.5) is 0 Å². The zero-order valence-corrected chi connectivity index (χ0v) is 12.0. The summed E-state index contributed by atoms with van der Waals surface area (Å²) in [4.78, 5) is 11.5. The lowest BCUT2D eigenvalue weighted by atomic mass is 10.2. The fraction of sp³-hybridized carbons (Fsp3) is 0.417. The van der Waals surface area contributed by atoms with Gasteiger partial charge in [0.1, 0.15) is 0 Å². The molecule has 0 saturated carbocycles. The number of nitrogens with one attached hydrogen (secondary N) is 3. The molecule has 0 saturated heterocycles. The van der Waals surface area contributed by atoms with Gasteiger partial charge in [0, 0.05) is 25.2 Å². The number of likely N-dealkylation sites (N-methyl/N-ethyl adjacent to an activating group) is 1. The van der Waals surface area contributed by atoms with E-state index in [1.165, 1.54) is 31.3 Å². The second-order valence-corrected chi connectivity index (χ2v) is 5.91. The molecule has 0 fully saturated rings. The Bertz CT molecular complexity index is 526. The van der Waals surface area contributed by atoms with Gasteiger partial charge >= 0.3 is 0 Å². The smallest absolute Gasteiger partial charge is 0.251 e. The zero-order valence-electron chi connectivity index (χ0n) is 11.2. The van der Waals surface area contributed by atoms with Crippen LogP contribution in [0, 0.1) is 0 Å². The summed E-state index contributed by atoms with van der Waals surface area (Å²) >= 11 is 0. The standard InChI is InChI=1S/C12H19N3O3S/c1-9(13-2)8-15-19(17,18)11-6-4-10(5-7-11)12(16)14-3/h4-7,9,13,15H,8H2,1-3H3,(H,14,16). The van der Waals surface area contributed by atoms with Crippen molar-refractivity contribution in [1.29, 1.82) is 0 Å². The Labute approximate surface area is 113 Å². The van der Waals surface area contributed by atoms with Crippen molar-refractivity contribution in [2.45, 2.75) is 17.9 Å². The van der Waals surface area contributed by atoms with Gasteiger partial charge in [-0.25, -0.2) is 13.1 Å². The Hall–Kier alpha value is -1.44. The van der Waals surface area contributed by atoms with Gasteiger partial charge in [0.2, 0.25) is 10.0 Å². The lowest BCUT2D eigenvalue weighted by molar-refractivity contribution is 0.0963. The van der Waals surface area contributed by atoms with Crippen LogP contribution in [-0.2, 0) is 10.0 Å². The first-order valence-corrected chi connectivity index (χ1v) is 7.38. The third-order valence-corrected chi connectivity index (χ3v) is 4.17. The van der Waals surface area contributed by atoms with Crippen molar-refractivity contribution in [2.24, 2.45) is 0 Å². The Morgan fingerprint density at radius 3 is 2.26 bits per heavy atom. The Kier molecular flexibility index (Phi) is 5.46. The second kappa shape index (κ2) is 6.65. The number of amides is 1. The predicted octanol–water partition coefficient (Wildman–Crippen LogP) is -0.0676. The molecule has 0 spiro atoms. The van der Waals surface area contributed by atoms with E-state index in [1.54, 1.807) is 7.05 Å². The van der Waals surface area contributed by atoms with Gasteiger partial charge in [-0.15, -0.1) is 0 Å². The van der Waals surface area contributed by atoms with Gasteiger partial charge in [-0.1, -0.05) is 0 Å². The molecular weight excluding hydrogens is 266 g/mol. The van der Waals surface area contributed by atoms with Crippen molar-refractivity contribution >= 4 is 15.9 Å². The summed E-state index contributed by atoms with van der Waals surface area (Å²) < 4.78 is 26.4. The minimum atomic E-state index is -3.54. The van der Waals surface area contributed by atoms with E-state index in [2.05, 4.69) is 15.4 Å². The average Bonchev–Trinajstić information content (AvgIpc) is 2.44. The summed E-state index contributed by atoms with van der Waals surface area (Å²) in [7, 11) is -0.254. The fourth-order valence-corrected chi connectivity index (χ4v) is 2.48. The highest BCUT2D eigenvalue weighted by Gasteiger charge is 2.15. The minimum Gasteiger partial charge on any atom is -0.355 e. The van der Waals surface area contributed by atoms with Gasteiger partial charge in [-0.3, -0.25) is 4.79 Å². The molecule has 1 rings (SSSR count). The van der Waals surface area contributed by atoms with E-state index in [-0.39, 0.29) is 16.8 Å². The number of hydrogen-bond donors (Lipinski definition) is 3. The van der Waals surface area contributed by atoms with Gasteiger partial charge in [-0.2, -0.15) is 0 Å². The molecule has 1 atom stereocenters. The summed E-state index contributed by atoms with van der Waals surface area (Å²) in [6.07, 6.45) is 0. The lowest BCUT2D eigenvalue weighted by Crippen LogP contribution is -2.37. The van der Waals surface area contributed by atoms with Crippen molar-refractivity contribution in [2.75, 3.05) is 20.6 Å².